The van der Waals surface area contributed by atoms with Crippen LogP contribution in [0.5, 0.6) is 5.75 Å². The SMILES string of the molecule is CCOc1ccc(NCc2ncc[nH]2)c(C)c1. The first-order valence-electron chi connectivity index (χ1n) is 5.75. The van der Waals surface area contributed by atoms with Crippen molar-refractivity contribution in [2.45, 2.75) is 20.4 Å². The molecule has 2 aromatic rings. The number of ether oxygens (including phenoxy) is 1. The van der Waals surface area contributed by atoms with E-state index in [2.05, 4.69) is 22.2 Å². The summed E-state index contributed by atoms with van der Waals surface area (Å²) in [6, 6.07) is 6.04. The van der Waals surface area contributed by atoms with Crippen molar-refractivity contribution in [3.8, 4) is 5.75 Å². The van der Waals surface area contributed by atoms with Gasteiger partial charge in [0, 0.05) is 18.1 Å². The average molecular weight is 231 g/mol. The van der Waals surface area contributed by atoms with Crippen LogP contribution in [0.4, 0.5) is 5.69 Å². The topological polar surface area (TPSA) is 49.9 Å². The van der Waals surface area contributed by atoms with Gasteiger partial charge in [-0.3, -0.25) is 0 Å². The fourth-order valence-electron chi connectivity index (χ4n) is 1.66. The van der Waals surface area contributed by atoms with Crippen molar-refractivity contribution in [3.63, 3.8) is 0 Å². The van der Waals surface area contributed by atoms with Crippen molar-refractivity contribution in [3.05, 3.63) is 42.0 Å². The molecule has 0 aliphatic carbocycles. The number of aromatic amines is 1. The second-order valence-corrected chi connectivity index (χ2v) is 3.80. The van der Waals surface area contributed by atoms with Gasteiger partial charge in [0.05, 0.1) is 13.2 Å². The summed E-state index contributed by atoms with van der Waals surface area (Å²) in [6.07, 6.45) is 3.57. The molecule has 1 aromatic carbocycles. The Morgan fingerprint density at radius 2 is 2.29 bits per heavy atom. The molecule has 4 heteroatoms. The molecule has 0 fully saturated rings. The van der Waals surface area contributed by atoms with Crippen molar-refractivity contribution >= 4 is 5.69 Å². The molecule has 0 aliphatic heterocycles. The van der Waals surface area contributed by atoms with Crippen LogP contribution in [-0.2, 0) is 6.54 Å². The number of hydrogen-bond donors (Lipinski definition) is 2. The van der Waals surface area contributed by atoms with E-state index in [1.807, 2.05) is 31.3 Å². The van der Waals surface area contributed by atoms with Crippen molar-refractivity contribution in [2.75, 3.05) is 11.9 Å². The lowest BCUT2D eigenvalue weighted by Crippen LogP contribution is -2.03. The van der Waals surface area contributed by atoms with Crippen molar-refractivity contribution in [1.29, 1.82) is 0 Å². The molecular weight excluding hydrogens is 214 g/mol. The third-order valence-electron chi connectivity index (χ3n) is 2.51. The predicted octanol–water partition coefficient (Wildman–Crippen LogP) is 2.73. The van der Waals surface area contributed by atoms with Gasteiger partial charge < -0.3 is 15.0 Å². The van der Waals surface area contributed by atoms with E-state index in [0.717, 1.165) is 17.3 Å². The molecule has 0 unspecified atom stereocenters. The van der Waals surface area contributed by atoms with Gasteiger partial charge in [-0.15, -0.1) is 0 Å². The molecule has 1 heterocycles. The Morgan fingerprint density at radius 3 is 2.94 bits per heavy atom. The van der Waals surface area contributed by atoms with Crippen LogP contribution in [0.2, 0.25) is 0 Å². The van der Waals surface area contributed by atoms with Gasteiger partial charge in [0.1, 0.15) is 11.6 Å². The normalized spacial score (nSPS) is 10.2. The number of nitrogens with zero attached hydrogens (tertiary/aromatic N) is 1. The summed E-state index contributed by atoms with van der Waals surface area (Å²) in [6.45, 7) is 5.44. The summed E-state index contributed by atoms with van der Waals surface area (Å²) in [4.78, 5) is 7.23. The van der Waals surface area contributed by atoms with E-state index >= 15 is 0 Å². The lowest BCUT2D eigenvalue weighted by molar-refractivity contribution is 0.340. The molecule has 90 valence electrons. The van der Waals surface area contributed by atoms with Crippen molar-refractivity contribution in [1.82, 2.24) is 9.97 Å². The van der Waals surface area contributed by atoms with Crippen LogP contribution in [0.1, 0.15) is 18.3 Å². The minimum atomic E-state index is 0.693. The fourth-order valence-corrected chi connectivity index (χ4v) is 1.66. The number of benzene rings is 1. The van der Waals surface area contributed by atoms with Gasteiger partial charge in [-0.1, -0.05) is 0 Å². The van der Waals surface area contributed by atoms with Crippen LogP contribution < -0.4 is 10.1 Å². The zero-order valence-electron chi connectivity index (χ0n) is 10.2. The second-order valence-electron chi connectivity index (χ2n) is 3.80. The molecule has 0 atom stereocenters. The van der Waals surface area contributed by atoms with Crippen LogP contribution in [0.15, 0.2) is 30.6 Å². The van der Waals surface area contributed by atoms with Crippen LogP contribution in [-0.4, -0.2) is 16.6 Å². The van der Waals surface area contributed by atoms with Gasteiger partial charge in [0.25, 0.3) is 0 Å². The summed E-state index contributed by atoms with van der Waals surface area (Å²) in [5.74, 6) is 1.84. The zero-order chi connectivity index (χ0) is 12.1. The van der Waals surface area contributed by atoms with Gasteiger partial charge in [-0.2, -0.15) is 0 Å². The van der Waals surface area contributed by atoms with Crippen molar-refractivity contribution < 1.29 is 4.74 Å². The van der Waals surface area contributed by atoms with E-state index in [4.69, 9.17) is 4.74 Å². The average Bonchev–Trinajstić information content (AvgIpc) is 2.81. The van der Waals surface area contributed by atoms with Gasteiger partial charge in [0.15, 0.2) is 0 Å². The number of anilines is 1. The lowest BCUT2D eigenvalue weighted by atomic mass is 10.2. The van der Waals surface area contributed by atoms with E-state index in [1.165, 1.54) is 5.56 Å². The molecule has 0 spiro atoms. The number of H-pyrrole nitrogens is 1. The third-order valence-corrected chi connectivity index (χ3v) is 2.51. The summed E-state index contributed by atoms with van der Waals surface area (Å²) >= 11 is 0. The van der Waals surface area contributed by atoms with E-state index in [1.54, 1.807) is 6.20 Å². The molecule has 0 saturated heterocycles. The molecule has 17 heavy (non-hydrogen) atoms. The van der Waals surface area contributed by atoms with Crippen LogP contribution in [0.25, 0.3) is 0 Å². The molecule has 1 aromatic heterocycles. The molecular formula is C13H17N3O. The predicted molar refractivity (Wildman–Crippen MR) is 68.3 cm³/mol. The zero-order valence-corrected chi connectivity index (χ0v) is 10.2. The number of aromatic nitrogens is 2. The lowest BCUT2D eigenvalue weighted by Gasteiger charge is -2.10. The molecule has 0 bridgehead atoms. The molecule has 0 saturated carbocycles. The van der Waals surface area contributed by atoms with Crippen molar-refractivity contribution in [2.24, 2.45) is 0 Å². The highest BCUT2D eigenvalue weighted by molar-refractivity contribution is 5.53. The maximum absolute atomic E-state index is 5.45. The third kappa shape index (κ3) is 3.00. The smallest absolute Gasteiger partial charge is 0.125 e. The highest BCUT2D eigenvalue weighted by Gasteiger charge is 2.01. The van der Waals surface area contributed by atoms with Gasteiger partial charge in [0.2, 0.25) is 0 Å². The minimum absolute atomic E-state index is 0.693. The highest BCUT2D eigenvalue weighted by atomic mass is 16.5. The van der Waals surface area contributed by atoms with Gasteiger partial charge >= 0.3 is 0 Å². The number of nitrogens with one attached hydrogen (secondary N) is 2. The minimum Gasteiger partial charge on any atom is -0.494 e. The van der Waals surface area contributed by atoms with Crippen LogP contribution in [0.3, 0.4) is 0 Å². The summed E-state index contributed by atoms with van der Waals surface area (Å²) in [7, 11) is 0. The van der Waals surface area contributed by atoms with Crippen LogP contribution in [0, 0.1) is 6.92 Å². The highest BCUT2D eigenvalue weighted by Crippen LogP contribution is 2.21. The first-order chi connectivity index (χ1) is 8.29. The van der Waals surface area contributed by atoms with Crippen LogP contribution >= 0.6 is 0 Å². The number of rotatable bonds is 5. The molecule has 2 N–H and O–H groups in total. The first-order valence-corrected chi connectivity index (χ1v) is 5.75. The van der Waals surface area contributed by atoms with E-state index in [0.29, 0.717) is 13.2 Å². The van der Waals surface area contributed by atoms with E-state index in [9.17, 15) is 0 Å². The Labute approximate surface area is 101 Å². The number of hydrogen-bond acceptors (Lipinski definition) is 3. The molecule has 0 aliphatic rings. The standard InChI is InChI=1S/C13H17N3O/c1-3-17-11-4-5-12(10(2)8-11)16-9-13-14-6-7-15-13/h4-8,16H,3,9H2,1-2H3,(H,14,15). The molecule has 0 amide bonds. The maximum Gasteiger partial charge on any atom is 0.125 e. The van der Waals surface area contributed by atoms with Gasteiger partial charge in [-0.25, -0.2) is 4.98 Å². The summed E-state index contributed by atoms with van der Waals surface area (Å²) < 4.78 is 5.45. The Morgan fingerprint density at radius 1 is 1.41 bits per heavy atom. The Kier molecular flexibility index (Phi) is 3.65. The van der Waals surface area contributed by atoms with E-state index in [-0.39, 0.29) is 0 Å². The second kappa shape index (κ2) is 5.39. The Hall–Kier alpha value is -1.97. The number of imidazole rings is 1. The summed E-state index contributed by atoms with van der Waals surface area (Å²) in [5, 5.41) is 3.34. The monoisotopic (exact) mass is 231 g/mol. The Balaban J connectivity index is 2.01. The summed E-state index contributed by atoms with van der Waals surface area (Å²) in [5.41, 5.74) is 2.27. The quantitative estimate of drug-likeness (QED) is 0.831. The fraction of sp³-hybridized carbons (Fsp3) is 0.308. The van der Waals surface area contributed by atoms with Gasteiger partial charge in [-0.05, 0) is 37.6 Å². The largest absolute Gasteiger partial charge is 0.494 e. The first kappa shape index (κ1) is 11.5. The molecule has 0 radical (unpaired) electrons. The Bertz CT molecular complexity index is 466. The number of aryl methyl sites for hydroxylation is 1. The maximum atomic E-state index is 5.45. The van der Waals surface area contributed by atoms with E-state index < -0.39 is 0 Å². The molecule has 2 rings (SSSR count). The molecule has 4 nitrogen and oxygen atoms in total.